The lowest BCUT2D eigenvalue weighted by atomic mass is 10.2. The van der Waals surface area contributed by atoms with Gasteiger partial charge >= 0.3 is 6.18 Å². The molecule has 0 radical (unpaired) electrons. The molecule has 0 amide bonds. The highest BCUT2D eigenvalue weighted by Gasteiger charge is 2.30. The van der Waals surface area contributed by atoms with Crippen LogP contribution >= 0.6 is 11.8 Å². The molecule has 0 saturated heterocycles. The number of hydrogen-bond acceptors (Lipinski definition) is 2. The van der Waals surface area contributed by atoms with Crippen LogP contribution in [0, 0.1) is 0 Å². The third-order valence-corrected chi connectivity index (χ3v) is 3.96. The normalized spacial score (nSPS) is 15.5. The molecule has 5 heteroatoms. The van der Waals surface area contributed by atoms with Gasteiger partial charge in [0.2, 0.25) is 0 Å². The second-order valence-corrected chi connectivity index (χ2v) is 5.77. The maximum absolute atomic E-state index is 12.5. The average molecular weight is 287 g/mol. The molecule has 1 aromatic rings. The van der Waals surface area contributed by atoms with Gasteiger partial charge in [-0.2, -0.15) is 13.2 Å². The fourth-order valence-corrected chi connectivity index (χ4v) is 2.43. The van der Waals surface area contributed by atoms with E-state index < -0.39 is 11.7 Å². The molecule has 0 aromatic heterocycles. The summed E-state index contributed by atoms with van der Waals surface area (Å²) in [6.45, 7) is 4.68. The molecule has 0 atom stereocenters. The van der Waals surface area contributed by atoms with E-state index in [0.717, 1.165) is 18.2 Å². The van der Waals surface area contributed by atoms with Gasteiger partial charge < -0.3 is 5.32 Å². The molecule has 104 valence electrons. The summed E-state index contributed by atoms with van der Waals surface area (Å²) < 4.78 is 37.6. The van der Waals surface area contributed by atoms with E-state index >= 15 is 0 Å². The SMILES string of the molecule is C=C(CNC1CC1)CSc1cccc(C(F)(F)F)c1. The van der Waals surface area contributed by atoms with Crippen LogP contribution in [0.4, 0.5) is 13.2 Å². The van der Waals surface area contributed by atoms with Crippen molar-refractivity contribution >= 4 is 11.8 Å². The minimum absolute atomic E-state index is 0.598. The van der Waals surface area contributed by atoms with Gasteiger partial charge in [0.25, 0.3) is 0 Å². The van der Waals surface area contributed by atoms with Crippen molar-refractivity contribution in [2.45, 2.75) is 30.0 Å². The van der Waals surface area contributed by atoms with Crippen LogP contribution in [0.2, 0.25) is 0 Å². The van der Waals surface area contributed by atoms with Crippen LogP contribution in [0.1, 0.15) is 18.4 Å². The molecule has 1 fully saturated rings. The summed E-state index contributed by atoms with van der Waals surface area (Å²) in [6, 6.07) is 6.04. The molecule has 0 bridgehead atoms. The Hall–Kier alpha value is -0.940. The van der Waals surface area contributed by atoms with Crippen LogP contribution in [-0.2, 0) is 6.18 Å². The molecule has 19 heavy (non-hydrogen) atoms. The zero-order chi connectivity index (χ0) is 13.9. The molecule has 1 N–H and O–H groups in total. The van der Waals surface area contributed by atoms with Crippen LogP contribution in [0.5, 0.6) is 0 Å². The summed E-state index contributed by atoms with van der Waals surface area (Å²) in [7, 11) is 0. The van der Waals surface area contributed by atoms with Crippen LogP contribution < -0.4 is 5.32 Å². The van der Waals surface area contributed by atoms with Gasteiger partial charge in [0.05, 0.1) is 5.56 Å². The van der Waals surface area contributed by atoms with Gasteiger partial charge in [0.1, 0.15) is 0 Å². The fourth-order valence-electron chi connectivity index (χ4n) is 1.57. The third-order valence-electron chi connectivity index (χ3n) is 2.82. The predicted molar refractivity (Wildman–Crippen MR) is 72.3 cm³/mol. The Bertz CT molecular complexity index is 452. The Morgan fingerprint density at radius 3 is 2.74 bits per heavy atom. The van der Waals surface area contributed by atoms with E-state index in [4.69, 9.17) is 0 Å². The molecule has 0 aliphatic heterocycles. The summed E-state index contributed by atoms with van der Waals surface area (Å²) in [4.78, 5) is 0.627. The van der Waals surface area contributed by atoms with Gasteiger partial charge in [0, 0.05) is 23.2 Å². The predicted octanol–water partition coefficient (Wildman–Crippen LogP) is 4.11. The first-order valence-electron chi connectivity index (χ1n) is 6.15. The molecule has 1 aliphatic rings. The summed E-state index contributed by atoms with van der Waals surface area (Å²) in [5.41, 5.74) is 0.411. The van der Waals surface area contributed by atoms with Crippen molar-refractivity contribution in [3.8, 4) is 0 Å². The highest BCUT2D eigenvalue weighted by atomic mass is 32.2. The second-order valence-electron chi connectivity index (χ2n) is 4.72. The Kier molecular flexibility index (Phi) is 4.58. The summed E-state index contributed by atoms with van der Waals surface area (Å²) in [6.07, 6.45) is -1.84. The molecular formula is C14H16F3NS. The Balaban J connectivity index is 1.83. The van der Waals surface area contributed by atoms with E-state index in [9.17, 15) is 13.2 Å². The summed E-state index contributed by atoms with van der Waals surface area (Å²) in [5, 5.41) is 3.34. The fraction of sp³-hybridized carbons (Fsp3) is 0.429. The topological polar surface area (TPSA) is 12.0 Å². The van der Waals surface area contributed by atoms with Gasteiger partial charge in [-0.3, -0.25) is 0 Å². The maximum Gasteiger partial charge on any atom is 0.416 e. The van der Waals surface area contributed by atoms with Crippen molar-refractivity contribution in [1.29, 1.82) is 0 Å². The number of benzene rings is 1. The smallest absolute Gasteiger partial charge is 0.310 e. The lowest BCUT2D eigenvalue weighted by Crippen LogP contribution is -2.19. The number of alkyl halides is 3. The molecule has 0 unspecified atom stereocenters. The van der Waals surface area contributed by atoms with Gasteiger partial charge in [-0.25, -0.2) is 0 Å². The molecule has 1 saturated carbocycles. The van der Waals surface area contributed by atoms with Crippen LogP contribution in [-0.4, -0.2) is 18.3 Å². The highest BCUT2D eigenvalue weighted by molar-refractivity contribution is 7.99. The van der Waals surface area contributed by atoms with Crippen molar-refractivity contribution in [3.63, 3.8) is 0 Å². The first-order chi connectivity index (χ1) is 8.95. The van der Waals surface area contributed by atoms with E-state index in [1.807, 2.05) is 0 Å². The molecule has 1 nitrogen and oxygen atoms in total. The van der Waals surface area contributed by atoms with Gasteiger partial charge in [0.15, 0.2) is 0 Å². The number of halogens is 3. The van der Waals surface area contributed by atoms with Crippen molar-refractivity contribution in [1.82, 2.24) is 5.32 Å². The van der Waals surface area contributed by atoms with Gasteiger partial charge in [-0.15, -0.1) is 11.8 Å². The Morgan fingerprint density at radius 2 is 2.11 bits per heavy atom. The first kappa shape index (κ1) is 14.5. The molecule has 1 aromatic carbocycles. The molecule has 1 aliphatic carbocycles. The van der Waals surface area contributed by atoms with E-state index in [2.05, 4.69) is 11.9 Å². The summed E-state index contributed by atoms with van der Waals surface area (Å²) >= 11 is 1.39. The molecular weight excluding hydrogens is 271 g/mol. The number of nitrogens with one attached hydrogen (secondary N) is 1. The monoisotopic (exact) mass is 287 g/mol. The van der Waals surface area contributed by atoms with Crippen molar-refractivity contribution in [2.75, 3.05) is 12.3 Å². The Morgan fingerprint density at radius 1 is 1.37 bits per heavy atom. The number of rotatable bonds is 6. The average Bonchev–Trinajstić information content (AvgIpc) is 3.17. The summed E-state index contributed by atoms with van der Waals surface area (Å²) in [5.74, 6) is 0.640. The molecule has 0 heterocycles. The van der Waals surface area contributed by atoms with E-state index in [1.54, 1.807) is 6.07 Å². The first-order valence-corrected chi connectivity index (χ1v) is 7.14. The Labute approximate surface area is 115 Å². The third kappa shape index (κ3) is 4.91. The lowest BCUT2D eigenvalue weighted by molar-refractivity contribution is -0.137. The second kappa shape index (κ2) is 6.01. The lowest BCUT2D eigenvalue weighted by Gasteiger charge is -2.09. The minimum Gasteiger partial charge on any atom is -0.310 e. The van der Waals surface area contributed by atoms with Crippen LogP contribution in [0.15, 0.2) is 41.3 Å². The van der Waals surface area contributed by atoms with Crippen LogP contribution in [0.3, 0.4) is 0 Å². The van der Waals surface area contributed by atoms with Crippen molar-refractivity contribution < 1.29 is 13.2 Å². The molecule has 2 rings (SSSR count). The number of hydrogen-bond donors (Lipinski definition) is 1. The van der Waals surface area contributed by atoms with E-state index in [1.165, 1.54) is 36.7 Å². The van der Waals surface area contributed by atoms with Crippen molar-refractivity contribution in [3.05, 3.63) is 42.0 Å². The van der Waals surface area contributed by atoms with E-state index in [-0.39, 0.29) is 0 Å². The molecule has 0 spiro atoms. The maximum atomic E-state index is 12.5. The quantitative estimate of drug-likeness (QED) is 0.624. The number of thioether (sulfide) groups is 1. The van der Waals surface area contributed by atoms with E-state index in [0.29, 0.717) is 16.7 Å². The van der Waals surface area contributed by atoms with Crippen molar-refractivity contribution in [2.24, 2.45) is 0 Å². The zero-order valence-electron chi connectivity index (χ0n) is 10.5. The van der Waals surface area contributed by atoms with Gasteiger partial charge in [-0.1, -0.05) is 18.2 Å². The largest absolute Gasteiger partial charge is 0.416 e. The standard InChI is InChI=1S/C14H16F3NS/c1-10(8-18-12-5-6-12)9-19-13-4-2-3-11(7-13)14(15,16)17/h2-4,7,12,18H,1,5-6,8-9H2. The highest BCUT2D eigenvalue weighted by Crippen LogP contribution is 2.32. The zero-order valence-corrected chi connectivity index (χ0v) is 11.3. The van der Waals surface area contributed by atoms with Crippen LogP contribution in [0.25, 0.3) is 0 Å². The van der Waals surface area contributed by atoms with Gasteiger partial charge in [-0.05, 0) is 31.0 Å². The minimum atomic E-state index is -4.28.